The number of hydrogen-bond acceptors (Lipinski definition) is 5. The molecule has 3 aliphatic rings. The summed E-state index contributed by atoms with van der Waals surface area (Å²) in [5.41, 5.74) is 7.24. The number of aromatic nitrogens is 1. The van der Waals surface area contributed by atoms with Crippen molar-refractivity contribution in [2.45, 2.75) is 67.3 Å². The lowest BCUT2D eigenvalue weighted by atomic mass is 9.74. The molecular formula is C29H30Cl2N4O3S. The van der Waals surface area contributed by atoms with Gasteiger partial charge in [0.1, 0.15) is 4.90 Å². The van der Waals surface area contributed by atoms with Crippen molar-refractivity contribution in [2.24, 2.45) is 0 Å². The molecule has 2 heterocycles. The molecular weight excluding hydrogens is 555 g/mol. The average Bonchev–Trinajstić information content (AvgIpc) is 3.52. The molecule has 10 heteroatoms. The molecule has 1 amide bonds. The lowest BCUT2D eigenvalue weighted by Crippen LogP contribution is -2.49. The second-order valence-corrected chi connectivity index (χ2v) is 13.3. The van der Waals surface area contributed by atoms with Crippen molar-refractivity contribution >= 4 is 39.1 Å². The van der Waals surface area contributed by atoms with Crippen molar-refractivity contribution in [3.05, 3.63) is 93.2 Å². The van der Waals surface area contributed by atoms with Gasteiger partial charge in [0.2, 0.25) is 10.0 Å². The zero-order chi connectivity index (χ0) is 27.2. The van der Waals surface area contributed by atoms with Crippen molar-refractivity contribution < 1.29 is 13.2 Å². The first-order valence-corrected chi connectivity index (χ1v) is 15.6. The maximum absolute atomic E-state index is 13.5. The Kier molecular flexibility index (Phi) is 7.18. The number of carbonyl (C=O) groups excluding carboxylic acids is 1. The monoisotopic (exact) mass is 584 g/mol. The summed E-state index contributed by atoms with van der Waals surface area (Å²) in [6.07, 6.45) is 10.1. The number of fused-ring (bicyclic) bond motifs is 1. The van der Waals surface area contributed by atoms with E-state index in [1.807, 2.05) is 30.6 Å². The third-order valence-electron chi connectivity index (χ3n) is 8.51. The van der Waals surface area contributed by atoms with E-state index in [-0.39, 0.29) is 26.4 Å². The highest BCUT2D eigenvalue weighted by atomic mass is 35.5. The second kappa shape index (κ2) is 10.5. The fraction of sp³-hybridized carbons (Fsp3) is 0.379. The van der Waals surface area contributed by atoms with Crippen LogP contribution < -0.4 is 10.1 Å². The Morgan fingerprint density at radius 3 is 2.44 bits per heavy atom. The minimum absolute atomic E-state index is 0.0533. The molecule has 204 valence electrons. The molecule has 2 N–H and O–H groups in total. The Morgan fingerprint density at radius 2 is 1.72 bits per heavy atom. The molecule has 1 saturated heterocycles. The number of hydrogen-bond donors (Lipinski definition) is 2. The zero-order valence-electron chi connectivity index (χ0n) is 21.4. The van der Waals surface area contributed by atoms with Gasteiger partial charge in [-0.1, -0.05) is 35.3 Å². The molecule has 0 radical (unpaired) electrons. The van der Waals surface area contributed by atoms with E-state index in [1.165, 1.54) is 17.7 Å². The van der Waals surface area contributed by atoms with Crippen molar-refractivity contribution in [1.82, 2.24) is 20.1 Å². The van der Waals surface area contributed by atoms with Gasteiger partial charge in [-0.25, -0.2) is 18.6 Å². The zero-order valence-corrected chi connectivity index (χ0v) is 23.7. The van der Waals surface area contributed by atoms with Crippen LogP contribution in [-0.2, 0) is 16.4 Å². The molecule has 2 fully saturated rings. The third-order valence-corrected chi connectivity index (χ3v) is 10.9. The Hall–Kier alpha value is -2.49. The van der Waals surface area contributed by atoms with E-state index in [2.05, 4.69) is 27.3 Å². The first-order chi connectivity index (χ1) is 18.7. The van der Waals surface area contributed by atoms with Crippen LogP contribution in [0.2, 0.25) is 10.0 Å². The molecule has 1 saturated carbocycles. The number of rotatable bonds is 5. The topological polar surface area (TPSA) is 91.4 Å². The quantitative estimate of drug-likeness (QED) is 0.395. The van der Waals surface area contributed by atoms with E-state index in [0.717, 1.165) is 49.7 Å². The van der Waals surface area contributed by atoms with Gasteiger partial charge in [-0.3, -0.25) is 14.8 Å². The molecule has 3 aromatic rings. The maximum Gasteiger partial charge on any atom is 0.267 e. The third kappa shape index (κ3) is 5.21. The first kappa shape index (κ1) is 26.7. The maximum atomic E-state index is 13.5. The van der Waals surface area contributed by atoms with Gasteiger partial charge in [-0.15, -0.1) is 0 Å². The molecule has 1 aromatic heterocycles. The molecule has 2 aliphatic carbocycles. The van der Waals surface area contributed by atoms with Crippen LogP contribution in [0, 0.1) is 0 Å². The number of aryl methyl sites for hydroxylation is 1. The first-order valence-electron chi connectivity index (χ1n) is 13.3. The molecule has 0 unspecified atom stereocenters. The van der Waals surface area contributed by atoms with Crippen LogP contribution in [0.4, 0.5) is 0 Å². The summed E-state index contributed by atoms with van der Waals surface area (Å²) in [6, 6.07) is 14.0. The van der Waals surface area contributed by atoms with Crippen molar-refractivity contribution in [2.75, 3.05) is 6.54 Å². The largest absolute Gasteiger partial charge is 0.273 e. The molecule has 7 nitrogen and oxygen atoms in total. The Bertz CT molecular complexity index is 1490. The van der Waals surface area contributed by atoms with Crippen molar-refractivity contribution in [3.8, 4) is 0 Å². The summed E-state index contributed by atoms with van der Waals surface area (Å²) >= 11 is 12.4. The second-order valence-electron chi connectivity index (χ2n) is 10.8. The number of carbonyl (C=O) groups is 1. The summed E-state index contributed by atoms with van der Waals surface area (Å²) in [6.45, 7) is 0.650. The van der Waals surface area contributed by atoms with Crippen LogP contribution >= 0.6 is 23.2 Å². The molecule has 2 aromatic carbocycles. The molecule has 6 rings (SSSR count). The van der Waals surface area contributed by atoms with E-state index < -0.39 is 16.1 Å². The Morgan fingerprint density at radius 1 is 1.00 bits per heavy atom. The fourth-order valence-corrected chi connectivity index (χ4v) is 8.77. The lowest BCUT2D eigenvalue weighted by Gasteiger charge is -2.37. The van der Waals surface area contributed by atoms with Gasteiger partial charge in [0.15, 0.2) is 0 Å². The minimum atomic E-state index is -3.96. The standard InChI is InChI=1S/C29H30Cl2N4O3S/c30-24-2-1-3-25(31)27(24)39(37,38)33-26-7-6-21-4-5-22(18-23(21)26)28(36)35-17-14-29(34-35)12-8-19(9-13-29)20-10-15-32-16-11-20/h1-5,10-11,15-16,18-19,26,33-34H,6-9,12-14,17H2/t19?,26-,29?/m1/s1. The van der Waals surface area contributed by atoms with Crippen molar-refractivity contribution in [1.29, 1.82) is 0 Å². The molecule has 1 spiro atoms. The smallest absolute Gasteiger partial charge is 0.267 e. The van der Waals surface area contributed by atoms with Crippen LogP contribution in [-0.4, -0.2) is 36.4 Å². The highest BCUT2D eigenvalue weighted by Crippen LogP contribution is 2.42. The minimum Gasteiger partial charge on any atom is -0.273 e. The summed E-state index contributed by atoms with van der Waals surface area (Å²) in [5.74, 6) is 0.442. The molecule has 1 aliphatic heterocycles. The summed E-state index contributed by atoms with van der Waals surface area (Å²) in [7, 11) is -3.96. The van der Waals surface area contributed by atoms with Crippen LogP contribution in [0.15, 0.2) is 65.8 Å². The number of nitrogens with one attached hydrogen (secondary N) is 2. The van der Waals surface area contributed by atoms with Crippen LogP contribution in [0.3, 0.4) is 0 Å². The van der Waals surface area contributed by atoms with Crippen molar-refractivity contribution in [3.63, 3.8) is 0 Å². The highest BCUT2D eigenvalue weighted by molar-refractivity contribution is 7.89. The van der Waals surface area contributed by atoms with Crippen LogP contribution in [0.25, 0.3) is 0 Å². The Balaban J connectivity index is 1.15. The molecule has 1 atom stereocenters. The van der Waals surface area contributed by atoms with Gasteiger partial charge >= 0.3 is 0 Å². The van der Waals surface area contributed by atoms with E-state index in [1.54, 1.807) is 11.1 Å². The summed E-state index contributed by atoms with van der Waals surface area (Å²) in [4.78, 5) is 17.6. The highest BCUT2D eigenvalue weighted by Gasteiger charge is 2.42. The van der Waals surface area contributed by atoms with Gasteiger partial charge in [0.25, 0.3) is 5.91 Å². The number of benzene rings is 2. The normalized spacial score (nSPS) is 24.7. The van der Waals surface area contributed by atoms with Crippen LogP contribution in [0.1, 0.15) is 77.5 Å². The van der Waals surface area contributed by atoms with E-state index in [9.17, 15) is 13.2 Å². The van der Waals surface area contributed by atoms with Gasteiger partial charge < -0.3 is 0 Å². The number of pyridine rings is 1. The van der Waals surface area contributed by atoms with Gasteiger partial charge in [-0.2, -0.15) is 0 Å². The summed E-state index contributed by atoms with van der Waals surface area (Å²) < 4.78 is 29.1. The van der Waals surface area contributed by atoms with Gasteiger partial charge in [0, 0.05) is 36.1 Å². The number of sulfonamides is 1. The number of halogens is 2. The predicted octanol–water partition coefficient (Wildman–Crippen LogP) is 5.80. The van der Waals surface area contributed by atoms with Crippen LogP contribution in [0.5, 0.6) is 0 Å². The van der Waals surface area contributed by atoms with E-state index in [4.69, 9.17) is 23.2 Å². The molecule has 39 heavy (non-hydrogen) atoms. The lowest BCUT2D eigenvalue weighted by molar-refractivity contribution is 0.0657. The number of nitrogens with zero attached hydrogens (tertiary/aromatic N) is 2. The SMILES string of the molecule is O=C(c1ccc2c(c1)[C@H](NS(=O)(=O)c1c(Cl)cccc1Cl)CC2)N1CCC2(CCC(c3ccncc3)CC2)N1. The van der Waals surface area contributed by atoms with E-state index >= 15 is 0 Å². The number of amides is 1. The predicted molar refractivity (Wildman–Crippen MR) is 151 cm³/mol. The number of hydrazine groups is 1. The average molecular weight is 586 g/mol. The fourth-order valence-electron chi connectivity index (χ4n) is 6.38. The summed E-state index contributed by atoms with van der Waals surface area (Å²) in [5, 5.41) is 1.88. The Labute approximate surface area is 238 Å². The van der Waals surface area contributed by atoms with Gasteiger partial charge in [0.05, 0.1) is 10.0 Å². The van der Waals surface area contributed by atoms with E-state index in [0.29, 0.717) is 24.4 Å². The molecule has 0 bridgehead atoms. The van der Waals surface area contributed by atoms with Gasteiger partial charge in [-0.05, 0) is 104 Å².